The summed E-state index contributed by atoms with van der Waals surface area (Å²) in [4.78, 5) is 5.23. The van der Waals surface area contributed by atoms with Gasteiger partial charge >= 0.3 is 0 Å². The summed E-state index contributed by atoms with van der Waals surface area (Å²) in [6.07, 6.45) is 0. The van der Waals surface area contributed by atoms with Crippen molar-refractivity contribution in [1.82, 2.24) is 9.80 Å². The molecule has 2 nitrogen and oxygen atoms in total. The van der Waals surface area contributed by atoms with Crippen LogP contribution in [0.5, 0.6) is 0 Å². The van der Waals surface area contributed by atoms with Crippen LogP contribution in [0.25, 0.3) is 43.1 Å². The topological polar surface area (TPSA) is 6.48 Å². The number of hydrogen-bond acceptors (Lipinski definition) is 2. The summed E-state index contributed by atoms with van der Waals surface area (Å²) in [7, 11) is 0. The van der Waals surface area contributed by atoms with Crippen LogP contribution in [-0.2, 0) is 13.1 Å². The molecule has 0 radical (unpaired) electrons. The van der Waals surface area contributed by atoms with E-state index in [0.29, 0.717) is 0 Å². The zero-order valence-corrected chi connectivity index (χ0v) is 19.8. The van der Waals surface area contributed by atoms with Crippen LogP contribution in [0.2, 0.25) is 0 Å². The van der Waals surface area contributed by atoms with Gasteiger partial charge in [0.25, 0.3) is 0 Å². The summed E-state index contributed by atoms with van der Waals surface area (Å²) in [6, 6.07) is 40.0. The van der Waals surface area contributed by atoms with Gasteiger partial charge in [0.2, 0.25) is 0 Å². The van der Waals surface area contributed by atoms with E-state index in [1.165, 1.54) is 54.2 Å². The van der Waals surface area contributed by atoms with Crippen LogP contribution in [0.4, 0.5) is 0 Å². The first-order valence-electron chi connectivity index (χ1n) is 12.6. The van der Waals surface area contributed by atoms with Crippen molar-refractivity contribution < 1.29 is 0 Å². The number of fused-ring (bicyclic) bond motifs is 4. The summed E-state index contributed by atoms with van der Waals surface area (Å²) >= 11 is 0. The first-order chi connectivity index (χ1) is 17.3. The van der Waals surface area contributed by atoms with Gasteiger partial charge in [-0.2, -0.15) is 0 Å². The molecular weight excluding hydrogens is 424 g/mol. The van der Waals surface area contributed by atoms with E-state index in [1.54, 1.807) is 0 Å². The third kappa shape index (κ3) is 3.67. The molecule has 1 saturated heterocycles. The van der Waals surface area contributed by atoms with Crippen molar-refractivity contribution in [3.63, 3.8) is 0 Å². The van der Waals surface area contributed by atoms with Crippen LogP contribution < -0.4 is 0 Å². The van der Waals surface area contributed by atoms with Crippen LogP contribution in [0.3, 0.4) is 0 Å². The van der Waals surface area contributed by atoms with Gasteiger partial charge < -0.3 is 0 Å². The summed E-state index contributed by atoms with van der Waals surface area (Å²) in [5, 5.41) is 10.8. The quantitative estimate of drug-likeness (QED) is 0.254. The SMILES string of the molecule is c1ccc2c(CN3CCN(Cc4c5ccccc5cc5ccccc45)C3)c3ccccc3cc2c1. The Morgan fingerprint density at radius 1 is 0.429 bits per heavy atom. The molecule has 0 amide bonds. The molecule has 1 aliphatic rings. The molecule has 2 heteroatoms. The van der Waals surface area contributed by atoms with Crippen molar-refractivity contribution in [3.05, 3.63) is 120 Å². The molecule has 1 aliphatic heterocycles. The Morgan fingerprint density at radius 3 is 1.09 bits per heavy atom. The van der Waals surface area contributed by atoms with Gasteiger partial charge in [0, 0.05) is 26.2 Å². The number of rotatable bonds is 4. The lowest BCUT2D eigenvalue weighted by Gasteiger charge is -2.21. The number of benzene rings is 6. The first-order valence-corrected chi connectivity index (χ1v) is 12.6. The van der Waals surface area contributed by atoms with Crippen molar-refractivity contribution in [2.45, 2.75) is 13.1 Å². The van der Waals surface area contributed by atoms with E-state index in [1.807, 2.05) is 0 Å². The Labute approximate surface area is 206 Å². The number of hydrogen-bond donors (Lipinski definition) is 0. The second kappa shape index (κ2) is 8.49. The second-order valence-corrected chi connectivity index (χ2v) is 9.84. The Balaban J connectivity index is 1.21. The molecule has 1 fully saturated rings. The second-order valence-electron chi connectivity index (χ2n) is 9.84. The number of nitrogens with zero attached hydrogens (tertiary/aromatic N) is 2. The normalized spacial score (nSPS) is 15.1. The molecule has 0 spiro atoms. The molecule has 6 aromatic carbocycles. The zero-order valence-electron chi connectivity index (χ0n) is 19.8. The lowest BCUT2D eigenvalue weighted by atomic mass is 9.96. The minimum absolute atomic E-state index is 0.981. The van der Waals surface area contributed by atoms with Crippen LogP contribution in [0, 0.1) is 0 Å². The fraction of sp³-hybridized carbons (Fsp3) is 0.152. The summed E-state index contributed by atoms with van der Waals surface area (Å²) < 4.78 is 0. The van der Waals surface area contributed by atoms with Crippen LogP contribution in [0.15, 0.2) is 109 Å². The molecule has 0 atom stereocenters. The van der Waals surface area contributed by atoms with E-state index in [0.717, 1.165) is 32.8 Å². The average molecular weight is 453 g/mol. The van der Waals surface area contributed by atoms with E-state index >= 15 is 0 Å². The molecule has 6 aromatic rings. The van der Waals surface area contributed by atoms with E-state index in [4.69, 9.17) is 0 Å². The summed E-state index contributed by atoms with van der Waals surface area (Å²) in [5.74, 6) is 0. The smallest absolute Gasteiger partial charge is 0.0513 e. The molecule has 0 aromatic heterocycles. The van der Waals surface area contributed by atoms with Crippen molar-refractivity contribution >= 4 is 43.1 Å². The molecule has 0 N–H and O–H groups in total. The van der Waals surface area contributed by atoms with Crippen molar-refractivity contribution in [2.75, 3.05) is 19.8 Å². The van der Waals surface area contributed by atoms with Gasteiger partial charge in [-0.3, -0.25) is 9.80 Å². The minimum Gasteiger partial charge on any atom is -0.285 e. The molecule has 35 heavy (non-hydrogen) atoms. The fourth-order valence-electron chi connectivity index (χ4n) is 5.97. The van der Waals surface area contributed by atoms with E-state index in [-0.39, 0.29) is 0 Å². The van der Waals surface area contributed by atoms with Gasteiger partial charge in [0.05, 0.1) is 6.67 Å². The highest BCUT2D eigenvalue weighted by Crippen LogP contribution is 2.32. The highest BCUT2D eigenvalue weighted by Gasteiger charge is 2.23. The van der Waals surface area contributed by atoms with Gasteiger partial charge in [0.15, 0.2) is 0 Å². The summed E-state index contributed by atoms with van der Waals surface area (Å²) in [5.41, 5.74) is 2.91. The van der Waals surface area contributed by atoms with Gasteiger partial charge in [-0.05, 0) is 66.3 Å². The van der Waals surface area contributed by atoms with E-state index in [9.17, 15) is 0 Å². The molecular formula is C33H28N2. The molecule has 0 aliphatic carbocycles. The van der Waals surface area contributed by atoms with E-state index < -0.39 is 0 Å². The first kappa shape index (κ1) is 20.6. The van der Waals surface area contributed by atoms with Crippen LogP contribution in [-0.4, -0.2) is 29.6 Å². The maximum absolute atomic E-state index is 2.61. The Morgan fingerprint density at radius 2 is 0.743 bits per heavy atom. The standard InChI is InChI=1S/C33H28N2/c1-5-13-28-24(9-1)19-25-10-2-6-14-29(25)32(28)21-34-17-18-35(23-34)22-33-30-15-7-3-11-26(30)20-27-12-4-8-16-31(27)33/h1-16,19-20H,17-18,21-23H2. The Hall–Kier alpha value is -3.72. The van der Waals surface area contributed by atoms with Crippen molar-refractivity contribution in [1.29, 1.82) is 0 Å². The lowest BCUT2D eigenvalue weighted by molar-refractivity contribution is 0.237. The molecule has 0 bridgehead atoms. The predicted molar refractivity (Wildman–Crippen MR) is 149 cm³/mol. The van der Waals surface area contributed by atoms with Gasteiger partial charge in [-0.1, -0.05) is 97.1 Å². The monoisotopic (exact) mass is 452 g/mol. The fourth-order valence-corrected chi connectivity index (χ4v) is 5.97. The molecule has 0 unspecified atom stereocenters. The molecule has 170 valence electrons. The van der Waals surface area contributed by atoms with Gasteiger partial charge in [-0.25, -0.2) is 0 Å². The highest BCUT2D eigenvalue weighted by molar-refractivity contribution is 6.03. The van der Waals surface area contributed by atoms with Crippen molar-refractivity contribution in [3.8, 4) is 0 Å². The Bertz CT molecular complexity index is 1470. The Kier molecular flexibility index (Phi) is 5.01. The predicted octanol–water partition coefficient (Wildman–Crippen LogP) is 7.57. The van der Waals surface area contributed by atoms with Gasteiger partial charge in [-0.15, -0.1) is 0 Å². The van der Waals surface area contributed by atoms with E-state index in [2.05, 4.69) is 119 Å². The molecule has 1 heterocycles. The highest BCUT2D eigenvalue weighted by atomic mass is 15.4. The van der Waals surface area contributed by atoms with Crippen LogP contribution in [0.1, 0.15) is 11.1 Å². The molecule has 7 rings (SSSR count). The minimum atomic E-state index is 0.981. The molecule has 0 saturated carbocycles. The maximum Gasteiger partial charge on any atom is 0.0513 e. The van der Waals surface area contributed by atoms with Crippen molar-refractivity contribution in [2.24, 2.45) is 0 Å². The van der Waals surface area contributed by atoms with Gasteiger partial charge in [0.1, 0.15) is 0 Å². The van der Waals surface area contributed by atoms with Crippen LogP contribution >= 0.6 is 0 Å². The summed E-state index contributed by atoms with van der Waals surface area (Å²) in [6.45, 7) is 5.15. The third-order valence-corrected chi connectivity index (χ3v) is 7.66. The lowest BCUT2D eigenvalue weighted by Crippen LogP contribution is -2.25. The third-order valence-electron chi connectivity index (χ3n) is 7.66. The largest absolute Gasteiger partial charge is 0.285 e. The maximum atomic E-state index is 2.61. The average Bonchev–Trinajstić information content (AvgIpc) is 3.35. The zero-order chi connectivity index (χ0) is 23.2.